The maximum atomic E-state index is 10.8. The highest BCUT2D eigenvalue weighted by atomic mass is 79.9. The highest BCUT2D eigenvalue weighted by molar-refractivity contribution is 9.10. The van der Waals surface area contributed by atoms with Gasteiger partial charge < -0.3 is 9.84 Å². The molecule has 0 saturated heterocycles. The minimum atomic E-state index is -0.600. The summed E-state index contributed by atoms with van der Waals surface area (Å²) in [7, 11) is 0. The monoisotopic (exact) mass is 371 g/mol. The number of hydrogen-bond acceptors (Lipinski definition) is 4. The maximum absolute atomic E-state index is 10.8. The van der Waals surface area contributed by atoms with Gasteiger partial charge in [0, 0.05) is 6.07 Å². The molecule has 110 valence electrons. The van der Waals surface area contributed by atoms with Crippen molar-refractivity contribution in [3.05, 3.63) is 61.6 Å². The van der Waals surface area contributed by atoms with Crippen LogP contribution < -0.4 is 4.74 Å². The van der Waals surface area contributed by atoms with Crippen molar-refractivity contribution in [2.45, 2.75) is 13.0 Å². The van der Waals surface area contributed by atoms with Crippen LogP contribution in [0.2, 0.25) is 5.02 Å². The number of aliphatic hydroxyl groups excluding tert-OH is 1. The quantitative estimate of drug-likeness (QED) is 0.614. The molecule has 0 radical (unpaired) electrons. The Bertz CT molecular complexity index is 691. The Labute approximate surface area is 134 Å². The molecule has 0 aromatic heterocycles. The van der Waals surface area contributed by atoms with Crippen LogP contribution in [0.4, 0.5) is 5.69 Å². The van der Waals surface area contributed by atoms with Crippen LogP contribution >= 0.6 is 27.5 Å². The Hall–Kier alpha value is -1.63. The zero-order valence-corrected chi connectivity index (χ0v) is 13.3. The number of benzene rings is 2. The average molecular weight is 373 g/mol. The van der Waals surface area contributed by atoms with E-state index >= 15 is 0 Å². The van der Waals surface area contributed by atoms with Crippen molar-refractivity contribution in [2.75, 3.05) is 0 Å². The molecule has 5 nitrogen and oxygen atoms in total. The molecule has 0 fully saturated rings. The van der Waals surface area contributed by atoms with E-state index in [-0.39, 0.29) is 16.5 Å². The Morgan fingerprint density at radius 1 is 1.29 bits per heavy atom. The van der Waals surface area contributed by atoms with Crippen LogP contribution in [-0.4, -0.2) is 10.0 Å². The van der Waals surface area contributed by atoms with Gasteiger partial charge in [-0.3, -0.25) is 10.1 Å². The molecule has 0 bridgehead atoms. The maximum Gasteiger partial charge on any atom is 0.273 e. The molecule has 0 heterocycles. The van der Waals surface area contributed by atoms with Gasteiger partial charge in [0.25, 0.3) is 5.69 Å². The number of ether oxygens (including phenoxy) is 1. The molecule has 0 aliphatic rings. The summed E-state index contributed by atoms with van der Waals surface area (Å²) < 4.78 is 6.21. The molecule has 21 heavy (non-hydrogen) atoms. The summed E-state index contributed by atoms with van der Waals surface area (Å²) in [4.78, 5) is 10.3. The van der Waals surface area contributed by atoms with E-state index in [9.17, 15) is 15.2 Å². The Kier molecular flexibility index (Phi) is 4.82. The van der Waals surface area contributed by atoms with E-state index in [0.717, 1.165) is 5.56 Å². The van der Waals surface area contributed by atoms with E-state index in [1.165, 1.54) is 18.2 Å². The molecule has 2 rings (SSSR count). The fourth-order valence-corrected chi connectivity index (χ4v) is 2.30. The predicted octanol–water partition coefficient (Wildman–Crippen LogP) is 4.86. The second-order valence-electron chi connectivity index (χ2n) is 4.34. The Morgan fingerprint density at radius 3 is 2.57 bits per heavy atom. The molecule has 2 aromatic carbocycles. The number of aliphatic hydroxyl groups is 1. The van der Waals surface area contributed by atoms with Gasteiger partial charge in [-0.15, -0.1) is 0 Å². The van der Waals surface area contributed by atoms with E-state index in [2.05, 4.69) is 15.9 Å². The van der Waals surface area contributed by atoms with Crippen molar-refractivity contribution in [1.82, 2.24) is 0 Å². The second-order valence-corrected chi connectivity index (χ2v) is 5.60. The number of hydrogen-bond donors (Lipinski definition) is 1. The van der Waals surface area contributed by atoms with Gasteiger partial charge in [-0.05, 0) is 46.6 Å². The van der Waals surface area contributed by atoms with Crippen LogP contribution in [-0.2, 0) is 0 Å². The molecule has 2 aromatic rings. The van der Waals surface area contributed by atoms with Crippen molar-refractivity contribution in [3.63, 3.8) is 0 Å². The van der Waals surface area contributed by atoms with Gasteiger partial charge in [0.05, 0.1) is 26.6 Å². The third kappa shape index (κ3) is 3.72. The van der Waals surface area contributed by atoms with Crippen molar-refractivity contribution < 1.29 is 14.8 Å². The standard InChI is InChI=1S/C14H11BrClNO4/c1-8(18)9-2-5-13(11(15)6-9)21-14-7-10(17(19)20)3-4-12(14)16/h2-8,18H,1H3/t8-/m1/s1. The fraction of sp³-hybridized carbons (Fsp3) is 0.143. The molecule has 0 aliphatic heterocycles. The first-order valence-electron chi connectivity index (χ1n) is 5.98. The molecule has 1 N–H and O–H groups in total. The third-order valence-corrected chi connectivity index (χ3v) is 3.72. The van der Waals surface area contributed by atoms with Gasteiger partial charge in [-0.2, -0.15) is 0 Å². The normalized spacial score (nSPS) is 12.0. The van der Waals surface area contributed by atoms with Crippen LogP contribution in [0.15, 0.2) is 40.9 Å². The lowest BCUT2D eigenvalue weighted by atomic mass is 10.1. The number of nitro benzene ring substituents is 1. The number of rotatable bonds is 4. The van der Waals surface area contributed by atoms with E-state index in [4.69, 9.17) is 16.3 Å². The lowest BCUT2D eigenvalue weighted by molar-refractivity contribution is -0.384. The summed E-state index contributed by atoms with van der Waals surface area (Å²) >= 11 is 9.31. The summed E-state index contributed by atoms with van der Waals surface area (Å²) in [6.07, 6.45) is -0.600. The summed E-state index contributed by atoms with van der Waals surface area (Å²) in [5.41, 5.74) is 0.616. The topological polar surface area (TPSA) is 72.6 Å². The first kappa shape index (κ1) is 15.8. The molecule has 1 atom stereocenters. The lowest BCUT2D eigenvalue weighted by Gasteiger charge is -2.11. The van der Waals surface area contributed by atoms with Crippen LogP contribution in [0.3, 0.4) is 0 Å². The SMILES string of the molecule is C[C@@H](O)c1ccc(Oc2cc([N+](=O)[O-])ccc2Cl)c(Br)c1. The van der Waals surface area contributed by atoms with Gasteiger partial charge in [-0.1, -0.05) is 17.7 Å². The molecule has 0 aliphatic carbocycles. The predicted molar refractivity (Wildman–Crippen MR) is 83.0 cm³/mol. The Balaban J connectivity index is 2.34. The number of nitro groups is 1. The summed E-state index contributed by atoms with van der Waals surface area (Å²) in [6, 6.07) is 9.05. The smallest absolute Gasteiger partial charge is 0.273 e. The van der Waals surface area contributed by atoms with E-state index in [0.29, 0.717) is 10.2 Å². The molecular formula is C14H11BrClNO4. The fourth-order valence-electron chi connectivity index (χ4n) is 1.66. The summed E-state index contributed by atoms with van der Waals surface area (Å²) in [5, 5.41) is 20.6. The molecular weight excluding hydrogens is 362 g/mol. The first-order chi connectivity index (χ1) is 9.88. The lowest BCUT2D eigenvalue weighted by Crippen LogP contribution is -1.94. The highest BCUT2D eigenvalue weighted by Gasteiger charge is 2.13. The molecule has 0 unspecified atom stereocenters. The van der Waals surface area contributed by atoms with Crippen molar-refractivity contribution >= 4 is 33.2 Å². The average Bonchev–Trinajstić information content (AvgIpc) is 2.42. The van der Waals surface area contributed by atoms with Gasteiger partial charge in [-0.25, -0.2) is 0 Å². The summed E-state index contributed by atoms with van der Waals surface area (Å²) in [6.45, 7) is 1.65. The zero-order chi connectivity index (χ0) is 15.6. The van der Waals surface area contributed by atoms with Crippen LogP contribution in [0.1, 0.15) is 18.6 Å². The largest absolute Gasteiger partial charge is 0.454 e. The number of nitrogens with zero attached hydrogens (tertiary/aromatic N) is 1. The van der Waals surface area contributed by atoms with Crippen LogP contribution in [0, 0.1) is 10.1 Å². The highest BCUT2D eigenvalue weighted by Crippen LogP contribution is 2.36. The minimum absolute atomic E-state index is 0.105. The van der Waals surface area contributed by atoms with Crippen LogP contribution in [0.5, 0.6) is 11.5 Å². The van der Waals surface area contributed by atoms with E-state index < -0.39 is 11.0 Å². The second kappa shape index (κ2) is 6.43. The van der Waals surface area contributed by atoms with Gasteiger partial charge >= 0.3 is 0 Å². The zero-order valence-electron chi connectivity index (χ0n) is 10.9. The third-order valence-electron chi connectivity index (χ3n) is 2.78. The Morgan fingerprint density at radius 2 is 2.00 bits per heavy atom. The van der Waals surface area contributed by atoms with Crippen molar-refractivity contribution in [2.24, 2.45) is 0 Å². The number of non-ortho nitro benzene ring substituents is 1. The minimum Gasteiger partial charge on any atom is -0.454 e. The van der Waals surface area contributed by atoms with E-state index in [1.807, 2.05) is 0 Å². The first-order valence-corrected chi connectivity index (χ1v) is 7.15. The van der Waals surface area contributed by atoms with Crippen molar-refractivity contribution in [3.8, 4) is 11.5 Å². The molecule has 0 spiro atoms. The van der Waals surface area contributed by atoms with Gasteiger partial charge in [0.15, 0.2) is 5.75 Å². The molecule has 0 saturated carbocycles. The van der Waals surface area contributed by atoms with E-state index in [1.54, 1.807) is 25.1 Å². The molecule has 7 heteroatoms. The number of halogens is 2. The molecule has 0 amide bonds. The van der Waals surface area contributed by atoms with Gasteiger partial charge in [0.1, 0.15) is 5.75 Å². The summed E-state index contributed by atoms with van der Waals surface area (Å²) in [5.74, 6) is 0.637. The van der Waals surface area contributed by atoms with Gasteiger partial charge in [0.2, 0.25) is 0 Å². The van der Waals surface area contributed by atoms with Crippen molar-refractivity contribution in [1.29, 1.82) is 0 Å². The van der Waals surface area contributed by atoms with Crippen LogP contribution in [0.25, 0.3) is 0 Å².